The van der Waals surface area contributed by atoms with Gasteiger partial charge in [-0.15, -0.1) is 0 Å². The maximum atomic E-state index is 13.7. The zero-order chi connectivity index (χ0) is 26.4. The average molecular weight is 511 g/mol. The summed E-state index contributed by atoms with van der Waals surface area (Å²) in [7, 11) is 1.85. The van der Waals surface area contributed by atoms with Crippen molar-refractivity contribution >= 4 is 17.1 Å². The van der Waals surface area contributed by atoms with E-state index in [1.54, 1.807) is 12.1 Å². The molecule has 0 heterocycles. The minimum absolute atomic E-state index is 0.0155. The average Bonchev–Trinajstić information content (AvgIpc) is 3.26. The second kappa shape index (κ2) is 9.54. The van der Waals surface area contributed by atoms with E-state index in [1.807, 2.05) is 31.3 Å². The summed E-state index contributed by atoms with van der Waals surface area (Å²) >= 11 is 0. The Bertz CT molecular complexity index is 1450. The van der Waals surface area contributed by atoms with E-state index in [4.69, 9.17) is 0 Å². The molecule has 3 aromatic rings. The number of amides is 1. The summed E-state index contributed by atoms with van der Waals surface area (Å²) in [5, 5.41) is 6.46. The zero-order valence-corrected chi connectivity index (χ0v) is 21.7. The van der Waals surface area contributed by atoms with Crippen LogP contribution in [0.1, 0.15) is 58.3 Å². The number of likely N-dealkylation sites (N-methyl/N-ethyl adjacent to an activating group) is 1. The lowest BCUT2D eigenvalue weighted by molar-refractivity contribution is -0.0438. The number of aryl methyl sites for hydroxylation is 1. The number of alkyl halides is 1. The highest BCUT2D eigenvalue weighted by molar-refractivity contribution is 6.04. The number of rotatable bonds is 9. The number of allylic oxidation sites excluding steroid dienone is 2. The lowest BCUT2D eigenvalue weighted by Gasteiger charge is -2.61. The third-order valence-electron chi connectivity index (χ3n) is 8.50. The number of nitrogens with one attached hydrogen (secondary N) is 2. The molecule has 4 aliphatic carbocycles. The largest absolute Gasteiger partial charge is 0.388 e. The summed E-state index contributed by atoms with van der Waals surface area (Å²) in [5.41, 5.74) is 9.70. The topological polar surface area (TPSA) is 41.1 Å². The van der Waals surface area contributed by atoms with E-state index in [2.05, 4.69) is 29.3 Å². The van der Waals surface area contributed by atoms with Crippen molar-refractivity contribution < 1.29 is 13.6 Å². The van der Waals surface area contributed by atoms with Gasteiger partial charge >= 0.3 is 0 Å². The molecule has 3 aromatic carbocycles. The molecule has 38 heavy (non-hydrogen) atoms. The minimum Gasteiger partial charge on any atom is -0.388 e. The van der Waals surface area contributed by atoms with Crippen LogP contribution in [0, 0.1) is 11.7 Å². The molecule has 0 spiro atoms. The molecule has 0 saturated heterocycles. The molecule has 7 rings (SSSR count). The van der Waals surface area contributed by atoms with Gasteiger partial charge in [-0.1, -0.05) is 36.9 Å². The SMILES string of the molecule is C=C(NC)C1=C(c2ccc(F)cc2)Cc2cc(CCCF)c(-c3cccc(C(=O)NC45CC(C4)C5)c3)cc21. The van der Waals surface area contributed by atoms with E-state index >= 15 is 0 Å². The number of hydrogen-bond acceptors (Lipinski definition) is 2. The molecule has 0 radical (unpaired) electrons. The van der Waals surface area contributed by atoms with Gasteiger partial charge in [-0.05, 0) is 114 Å². The predicted molar refractivity (Wildman–Crippen MR) is 149 cm³/mol. The lowest BCUT2D eigenvalue weighted by Crippen LogP contribution is -2.68. The van der Waals surface area contributed by atoms with Crippen molar-refractivity contribution in [2.45, 2.75) is 44.1 Å². The zero-order valence-electron chi connectivity index (χ0n) is 21.7. The van der Waals surface area contributed by atoms with Crippen molar-refractivity contribution in [2.75, 3.05) is 13.7 Å². The Labute approximate surface area is 222 Å². The summed E-state index contributed by atoms with van der Waals surface area (Å²) in [6.07, 6.45) is 5.01. The lowest BCUT2D eigenvalue weighted by atomic mass is 9.50. The van der Waals surface area contributed by atoms with Crippen molar-refractivity contribution in [1.29, 1.82) is 0 Å². The Morgan fingerprint density at radius 3 is 2.45 bits per heavy atom. The molecular weight excluding hydrogens is 478 g/mol. The Morgan fingerprint density at radius 1 is 1.03 bits per heavy atom. The van der Waals surface area contributed by atoms with Crippen LogP contribution in [0.4, 0.5) is 8.78 Å². The fraction of sp³-hybridized carbons (Fsp3) is 0.303. The van der Waals surface area contributed by atoms with Crippen LogP contribution in [0.3, 0.4) is 0 Å². The number of fused-ring (bicyclic) bond motifs is 1. The number of carbonyl (C=O) groups is 1. The summed E-state index contributed by atoms with van der Waals surface area (Å²) in [4.78, 5) is 13.1. The number of carbonyl (C=O) groups excluding carboxylic acids is 1. The van der Waals surface area contributed by atoms with Crippen LogP contribution in [0.2, 0.25) is 0 Å². The van der Waals surface area contributed by atoms with Crippen molar-refractivity contribution in [1.82, 2.24) is 10.6 Å². The highest BCUT2D eigenvalue weighted by Crippen LogP contribution is 2.57. The molecular formula is C33H32F2N2O. The first-order valence-electron chi connectivity index (χ1n) is 13.4. The monoisotopic (exact) mass is 510 g/mol. The van der Waals surface area contributed by atoms with E-state index in [9.17, 15) is 13.6 Å². The Morgan fingerprint density at radius 2 is 1.79 bits per heavy atom. The molecule has 3 saturated carbocycles. The maximum Gasteiger partial charge on any atom is 0.251 e. The normalized spacial score (nSPS) is 20.9. The summed E-state index contributed by atoms with van der Waals surface area (Å²) < 4.78 is 26.9. The van der Waals surface area contributed by atoms with Gasteiger partial charge in [0.15, 0.2) is 0 Å². The fourth-order valence-corrected chi connectivity index (χ4v) is 6.39. The molecule has 0 aromatic heterocycles. The van der Waals surface area contributed by atoms with Crippen LogP contribution in [0.25, 0.3) is 22.3 Å². The first-order chi connectivity index (χ1) is 18.4. The van der Waals surface area contributed by atoms with Gasteiger partial charge in [0.1, 0.15) is 5.82 Å². The number of halogens is 2. The highest BCUT2D eigenvalue weighted by atomic mass is 19.1. The van der Waals surface area contributed by atoms with Crippen molar-refractivity contribution in [3.8, 4) is 11.1 Å². The first kappa shape index (κ1) is 24.6. The van der Waals surface area contributed by atoms with Crippen molar-refractivity contribution in [3.05, 3.63) is 107 Å². The van der Waals surface area contributed by atoms with Crippen molar-refractivity contribution in [2.24, 2.45) is 5.92 Å². The summed E-state index contributed by atoms with van der Waals surface area (Å²) in [6, 6.07) is 18.7. The molecule has 194 valence electrons. The Balaban J connectivity index is 1.42. The van der Waals surface area contributed by atoms with E-state index in [-0.39, 0.29) is 23.9 Å². The van der Waals surface area contributed by atoms with E-state index < -0.39 is 0 Å². The Kier molecular flexibility index (Phi) is 6.17. The fourth-order valence-electron chi connectivity index (χ4n) is 6.39. The second-order valence-electron chi connectivity index (χ2n) is 11.0. The third-order valence-corrected chi connectivity index (χ3v) is 8.50. The quantitative estimate of drug-likeness (QED) is 0.330. The van der Waals surface area contributed by atoms with Gasteiger partial charge in [-0.2, -0.15) is 0 Å². The van der Waals surface area contributed by atoms with E-state index in [0.29, 0.717) is 24.8 Å². The molecule has 3 nitrogen and oxygen atoms in total. The standard InChI is InChI=1S/C33H32F2N2O/c1-20(36-2)31-29(22-8-10-27(35)11-9-22)15-26-14-24(7-4-12-34)28(16-30(26)31)23-5-3-6-25(13-23)32(38)37-33-17-21(18-33)19-33/h3,5-6,8-11,13-14,16,21,36H,1,4,7,12,15,17-19H2,2H3,(H,37,38). The smallest absolute Gasteiger partial charge is 0.251 e. The molecule has 3 fully saturated rings. The highest BCUT2D eigenvalue weighted by Gasteiger charge is 2.57. The van der Waals surface area contributed by atoms with Crippen LogP contribution >= 0.6 is 0 Å². The van der Waals surface area contributed by atoms with Crippen LogP contribution in [-0.4, -0.2) is 25.2 Å². The molecule has 0 unspecified atom stereocenters. The predicted octanol–water partition coefficient (Wildman–Crippen LogP) is 6.88. The Hall–Kier alpha value is -3.73. The molecule has 2 bridgehead atoms. The second-order valence-corrected chi connectivity index (χ2v) is 11.0. The van der Waals surface area contributed by atoms with Gasteiger partial charge in [0.25, 0.3) is 5.91 Å². The van der Waals surface area contributed by atoms with Crippen LogP contribution in [0.5, 0.6) is 0 Å². The third kappa shape index (κ3) is 4.24. The van der Waals surface area contributed by atoms with Gasteiger partial charge in [-0.25, -0.2) is 4.39 Å². The number of benzene rings is 3. The molecule has 5 heteroatoms. The number of hydrogen-bond donors (Lipinski definition) is 2. The van der Waals surface area contributed by atoms with E-state index in [0.717, 1.165) is 75.4 Å². The first-order valence-corrected chi connectivity index (χ1v) is 13.4. The summed E-state index contributed by atoms with van der Waals surface area (Å²) in [5.74, 6) is 0.493. The van der Waals surface area contributed by atoms with Gasteiger partial charge in [0.05, 0.1) is 6.67 Å². The van der Waals surface area contributed by atoms with Gasteiger partial charge in [-0.3, -0.25) is 9.18 Å². The van der Waals surface area contributed by atoms with E-state index in [1.165, 1.54) is 12.1 Å². The molecule has 0 aliphatic heterocycles. The van der Waals surface area contributed by atoms with Gasteiger partial charge < -0.3 is 10.6 Å². The van der Waals surface area contributed by atoms with Gasteiger partial charge in [0.2, 0.25) is 0 Å². The van der Waals surface area contributed by atoms with Crippen molar-refractivity contribution in [3.63, 3.8) is 0 Å². The maximum absolute atomic E-state index is 13.7. The molecule has 4 aliphatic rings. The molecule has 2 N–H and O–H groups in total. The summed E-state index contributed by atoms with van der Waals surface area (Å²) in [6.45, 7) is 3.88. The van der Waals surface area contributed by atoms with Crippen LogP contribution in [-0.2, 0) is 12.8 Å². The minimum atomic E-state index is -0.386. The molecule has 0 atom stereocenters. The van der Waals surface area contributed by atoms with Crippen LogP contribution < -0.4 is 10.6 Å². The van der Waals surface area contributed by atoms with Gasteiger partial charge in [0, 0.05) is 29.4 Å². The molecule has 1 amide bonds. The van der Waals surface area contributed by atoms with Crippen LogP contribution in [0.15, 0.2) is 72.9 Å².